The normalized spacial score (nSPS) is 32.7. The summed E-state index contributed by atoms with van der Waals surface area (Å²) in [6.45, 7) is 8.36. The number of rotatable bonds is 5. The van der Waals surface area contributed by atoms with Gasteiger partial charge < -0.3 is 10.5 Å². The number of hydrogen-bond donors (Lipinski definition) is 1. The van der Waals surface area contributed by atoms with Gasteiger partial charge in [0.1, 0.15) is 6.10 Å². The van der Waals surface area contributed by atoms with Crippen molar-refractivity contribution in [2.45, 2.75) is 59.0 Å². The molecule has 0 aromatic carbocycles. The number of piperidine rings is 1. The zero-order valence-electron chi connectivity index (χ0n) is 14.8. The van der Waals surface area contributed by atoms with Gasteiger partial charge in [-0.1, -0.05) is 27.2 Å². The highest BCUT2D eigenvalue weighted by molar-refractivity contribution is 5.77. The monoisotopic (exact) mass is 324 g/mol. The lowest BCUT2D eigenvalue weighted by atomic mass is 9.75. The van der Waals surface area contributed by atoms with E-state index in [0.717, 1.165) is 32.2 Å². The molecular weight excluding hydrogens is 292 g/mol. The first kappa shape index (κ1) is 18.2. The predicted octanol–water partition coefficient (Wildman–Crippen LogP) is 2.19. The van der Waals surface area contributed by atoms with Gasteiger partial charge in [0, 0.05) is 6.54 Å². The molecule has 4 atom stereocenters. The van der Waals surface area contributed by atoms with Gasteiger partial charge in [0.15, 0.2) is 0 Å². The maximum absolute atomic E-state index is 12.4. The second kappa shape index (κ2) is 8.13. The van der Waals surface area contributed by atoms with Crippen LogP contribution >= 0.6 is 0 Å². The smallest absolute Gasteiger partial charge is 0.320 e. The lowest BCUT2D eigenvalue weighted by Crippen LogP contribution is -2.45. The summed E-state index contributed by atoms with van der Waals surface area (Å²) in [4.78, 5) is 25.7. The molecule has 5 heteroatoms. The van der Waals surface area contributed by atoms with Gasteiger partial charge >= 0.3 is 5.97 Å². The van der Waals surface area contributed by atoms with Crippen LogP contribution in [0.15, 0.2) is 0 Å². The Morgan fingerprint density at radius 2 is 2.00 bits per heavy atom. The van der Waals surface area contributed by atoms with Crippen molar-refractivity contribution in [1.29, 1.82) is 0 Å². The van der Waals surface area contributed by atoms with Gasteiger partial charge in [-0.25, -0.2) is 0 Å². The Balaban J connectivity index is 1.86. The number of primary amides is 1. The van der Waals surface area contributed by atoms with E-state index < -0.39 is 0 Å². The fourth-order valence-corrected chi connectivity index (χ4v) is 4.07. The topological polar surface area (TPSA) is 72.6 Å². The van der Waals surface area contributed by atoms with Gasteiger partial charge in [0.25, 0.3) is 0 Å². The molecule has 0 aromatic heterocycles. The number of ether oxygens (including phenoxy) is 1. The van der Waals surface area contributed by atoms with E-state index in [9.17, 15) is 9.59 Å². The van der Waals surface area contributed by atoms with Gasteiger partial charge in [-0.2, -0.15) is 0 Å². The van der Waals surface area contributed by atoms with Crippen molar-refractivity contribution in [2.75, 3.05) is 19.6 Å². The van der Waals surface area contributed by atoms with E-state index >= 15 is 0 Å². The molecule has 0 aromatic rings. The quantitative estimate of drug-likeness (QED) is 0.787. The number of carbonyl (C=O) groups is 2. The molecule has 132 valence electrons. The van der Waals surface area contributed by atoms with Gasteiger partial charge in [0.2, 0.25) is 5.91 Å². The molecule has 1 aliphatic heterocycles. The van der Waals surface area contributed by atoms with Crippen molar-refractivity contribution < 1.29 is 14.3 Å². The highest BCUT2D eigenvalue weighted by Crippen LogP contribution is 2.35. The molecule has 23 heavy (non-hydrogen) atoms. The number of nitrogens with zero attached hydrogens (tertiary/aromatic N) is 1. The average molecular weight is 324 g/mol. The molecule has 1 saturated carbocycles. The number of likely N-dealkylation sites (tertiary alicyclic amines) is 1. The van der Waals surface area contributed by atoms with E-state index in [4.69, 9.17) is 10.5 Å². The largest absolute Gasteiger partial charge is 0.461 e. The van der Waals surface area contributed by atoms with Crippen molar-refractivity contribution in [1.82, 2.24) is 4.90 Å². The van der Waals surface area contributed by atoms with Crippen LogP contribution in [0.25, 0.3) is 0 Å². The minimum absolute atomic E-state index is 0.0444. The summed E-state index contributed by atoms with van der Waals surface area (Å²) in [5.74, 6) is 1.08. The zero-order chi connectivity index (χ0) is 17.0. The van der Waals surface area contributed by atoms with Crippen LogP contribution < -0.4 is 5.73 Å². The van der Waals surface area contributed by atoms with Crippen LogP contribution in [0.5, 0.6) is 0 Å². The molecule has 5 nitrogen and oxygen atoms in total. The van der Waals surface area contributed by atoms with E-state index in [1.165, 1.54) is 6.42 Å². The Labute approximate surface area is 139 Å². The van der Waals surface area contributed by atoms with E-state index in [1.807, 2.05) is 4.90 Å². The summed E-state index contributed by atoms with van der Waals surface area (Å²) in [5.41, 5.74) is 5.39. The fraction of sp³-hybridized carbons (Fsp3) is 0.889. The fourth-order valence-electron chi connectivity index (χ4n) is 4.07. The molecule has 0 unspecified atom stereocenters. The predicted molar refractivity (Wildman–Crippen MR) is 89.6 cm³/mol. The Bertz CT molecular complexity index is 424. The molecule has 0 spiro atoms. The molecule has 0 bridgehead atoms. The van der Waals surface area contributed by atoms with Crippen molar-refractivity contribution in [3.63, 3.8) is 0 Å². The Morgan fingerprint density at radius 1 is 1.26 bits per heavy atom. The lowest BCUT2D eigenvalue weighted by molar-refractivity contribution is -0.158. The van der Waals surface area contributed by atoms with E-state index in [-0.39, 0.29) is 30.4 Å². The number of amides is 1. The summed E-state index contributed by atoms with van der Waals surface area (Å²) >= 11 is 0. The van der Waals surface area contributed by atoms with Crippen molar-refractivity contribution in [2.24, 2.45) is 29.4 Å². The number of nitrogens with two attached hydrogens (primary N) is 1. The maximum Gasteiger partial charge on any atom is 0.320 e. The number of carbonyl (C=O) groups excluding carboxylic acids is 2. The van der Waals surface area contributed by atoms with Crippen LogP contribution in [0.4, 0.5) is 0 Å². The minimum atomic E-state index is -0.260. The second-order valence-corrected chi connectivity index (χ2v) is 7.83. The number of esters is 1. The van der Waals surface area contributed by atoms with E-state index in [1.54, 1.807) is 0 Å². The van der Waals surface area contributed by atoms with Crippen LogP contribution in [0.1, 0.15) is 52.9 Å². The molecule has 1 heterocycles. The van der Waals surface area contributed by atoms with Crippen LogP contribution in [0.2, 0.25) is 0 Å². The van der Waals surface area contributed by atoms with Crippen LogP contribution in [0, 0.1) is 23.7 Å². The average Bonchev–Trinajstić information content (AvgIpc) is 2.47. The van der Waals surface area contributed by atoms with Crippen molar-refractivity contribution >= 4 is 11.9 Å². The molecule has 2 rings (SSSR count). The molecule has 1 amide bonds. The first-order chi connectivity index (χ1) is 10.9. The summed E-state index contributed by atoms with van der Waals surface area (Å²) in [6.07, 6.45) is 5.13. The molecule has 0 radical (unpaired) electrons. The first-order valence-electron chi connectivity index (χ1n) is 9.08. The van der Waals surface area contributed by atoms with Gasteiger partial charge in [-0.3, -0.25) is 14.5 Å². The van der Waals surface area contributed by atoms with Gasteiger partial charge in [-0.05, 0) is 50.0 Å². The second-order valence-electron chi connectivity index (χ2n) is 7.83. The number of hydrogen-bond acceptors (Lipinski definition) is 4. The summed E-state index contributed by atoms with van der Waals surface area (Å²) in [5, 5.41) is 0. The third-order valence-corrected chi connectivity index (χ3v) is 5.50. The third kappa shape index (κ3) is 5.20. The van der Waals surface area contributed by atoms with Crippen molar-refractivity contribution in [3.8, 4) is 0 Å². The highest BCUT2D eigenvalue weighted by Gasteiger charge is 2.34. The van der Waals surface area contributed by atoms with Crippen LogP contribution in [-0.4, -0.2) is 42.5 Å². The highest BCUT2D eigenvalue weighted by atomic mass is 16.5. The first-order valence-corrected chi connectivity index (χ1v) is 9.08. The molecule has 2 N–H and O–H groups in total. The maximum atomic E-state index is 12.4. The third-order valence-electron chi connectivity index (χ3n) is 5.50. The van der Waals surface area contributed by atoms with Crippen molar-refractivity contribution in [3.05, 3.63) is 0 Å². The Morgan fingerprint density at radius 3 is 2.65 bits per heavy atom. The van der Waals surface area contributed by atoms with E-state index in [2.05, 4.69) is 20.8 Å². The molecule has 1 saturated heterocycles. The molecular formula is C18H32N2O3. The summed E-state index contributed by atoms with van der Waals surface area (Å²) in [7, 11) is 0. The lowest BCUT2D eigenvalue weighted by Gasteiger charge is -2.37. The van der Waals surface area contributed by atoms with Gasteiger partial charge in [-0.15, -0.1) is 0 Å². The SMILES string of the molecule is CC(C)[C@H]1CC[C@@H](C)C[C@H]1OC(=O)CN1CCC[C@@H](C(N)=O)C1. The molecule has 2 fully saturated rings. The van der Waals surface area contributed by atoms with Crippen LogP contribution in [-0.2, 0) is 14.3 Å². The Kier molecular flexibility index (Phi) is 6.45. The summed E-state index contributed by atoms with van der Waals surface area (Å²) in [6, 6.07) is 0. The molecule has 2 aliphatic rings. The summed E-state index contributed by atoms with van der Waals surface area (Å²) < 4.78 is 5.84. The zero-order valence-corrected chi connectivity index (χ0v) is 14.8. The van der Waals surface area contributed by atoms with Gasteiger partial charge in [0.05, 0.1) is 12.5 Å². The Hall–Kier alpha value is -1.10. The minimum Gasteiger partial charge on any atom is -0.461 e. The molecule has 1 aliphatic carbocycles. The van der Waals surface area contributed by atoms with Crippen LogP contribution in [0.3, 0.4) is 0 Å². The van der Waals surface area contributed by atoms with E-state index in [0.29, 0.717) is 24.3 Å². The standard InChI is InChI=1S/C18H32N2O3/c1-12(2)15-7-6-13(3)9-16(15)23-17(21)11-20-8-4-5-14(10-20)18(19)22/h12-16H,4-11H2,1-3H3,(H2,19,22)/t13-,14-,15-,16-/m1/s1.